The second-order valence-corrected chi connectivity index (χ2v) is 4.41. The first-order chi connectivity index (χ1) is 7.47. The van der Waals surface area contributed by atoms with Crippen LogP contribution < -0.4 is 11.3 Å². The van der Waals surface area contributed by atoms with Crippen LogP contribution in [0.2, 0.25) is 0 Å². The molecule has 0 fully saturated rings. The van der Waals surface area contributed by atoms with Crippen LogP contribution in [0.25, 0.3) is 0 Å². The third-order valence-corrected chi connectivity index (χ3v) is 3.05. The zero-order chi connectivity index (χ0) is 12.3. The second kappa shape index (κ2) is 5.37. The summed E-state index contributed by atoms with van der Waals surface area (Å²) < 4.78 is 26.4. The molecule has 1 rings (SSSR count). The predicted molar refractivity (Wildman–Crippen MR) is 60.4 cm³/mol. The molecule has 2 unspecified atom stereocenters. The molecule has 0 aromatic heterocycles. The van der Waals surface area contributed by atoms with E-state index >= 15 is 0 Å². The van der Waals surface area contributed by atoms with Crippen molar-refractivity contribution >= 4 is 0 Å². The van der Waals surface area contributed by atoms with Crippen LogP contribution in [0.15, 0.2) is 18.2 Å². The van der Waals surface area contributed by atoms with Crippen molar-refractivity contribution in [3.63, 3.8) is 0 Å². The van der Waals surface area contributed by atoms with Crippen LogP contribution in [0.1, 0.15) is 32.4 Å². The van der Waals surface area contributed by atoms with Crippen LogP contribution in [0.5, 0.6) is 0 Å². The van der Waals surface area contributed by atoms with Gasteiger partial charge in [0.2, 0.25) is 0 Å². The molecule has 3 N–H and O–H groups in total. The molecule has 2 atom stereocenters. The predicted octanol–water partition coefficient (Wildman–Crippen LogP) is 2.76. The fourth-order valence-electron chi connectivity index (χ4n) is 1.66. The van der Waals surface area contributed by atoms with Gasteiger partial charge < -0.3 is 0 Å². The molecule has 2 nitrogen and oxygen atoms in total. The quantitative estimate of drug-likeness (QED) is 0.614. The normalized spacial score (nSPS) is 15.2. The van der Waals surface area contributed by atoms with Gasteiger partial charge in [0.25, 0.3) is 0 Å². The second-order valence-electron chi connectivity index (χ2n) is 4.41. The van der Waals surface area contributed by atoms with E-state index < -0.39 is 11.6 Å². The summed E-state index contributed by atoms with van der Waals surface area (Å²) in [6, 6.07) is 3.26. The summed E-state index contributed by atoms with van der Waals surface area (Å²) >= 11 is 0. The van der Waals surface area contributed by atoms with E-state index in [0.29, 0.717) is 11.5 Å². The standard InChI is InChI=1S/C12H18F2N2/c1-7(2)8(3)12(16-15)10-5-4-9(13)6-11(10)14/h4-8,12,16H,15H2,1-3H3. The average molecular weight is 228 g/mol. The number of nitrogens with one attached hydrogen (secondary N) is 1. The maximum atomic E-state index is 13.6. The Morgan fingerprint density at radius 2 is 1.81 bits per heavy atom. The molecule has 0 saturated heterocycles. The van der Waals surface area contributed by atoms with E-state index in [1.54, 1.807) is 0 Å². The van der Waals surface area contributed by atoms with Crippen LogP contribution in [0.3, 0.4) is 0 Å². The number of rotatable bonds is 4. The van der Waals surface area contributed by atoms with Crippen molar-refractivity contribution in [2.75, 3.05) is 0 Å². The number of hydrogen-bond acceptors (Lipinski definition) is 2. The molecule has 0 saturated carbocycles. The topological polar surface area (TPSA) is 38.0 Å². The van der Waals surface area contributed by atoms with Gasteiger partial charge in [0.1, 0.15) is 11.6 Å². The molecule has 0 spiro atoms. The highest BCUT2D eigenvalue weighted by atomic mass is 19.1. The van der Waals surface area contributed by atoms with Gasteiger partial charge in [0.15, 0.2) is 0 Å². The summed E-state index contributed by atoms with van der Waals surface area (Å²) in [5.41, 5.74) is 3.00. The van der Waals surface area contributed by atoms with Crippen molar-refractivity contribution in [1.29, 1.82) is 0 Å². The fraction of sp³-hybridized carbons (Fsp3) is 0.500. The molecule has 0 aliphatic carbocycles. The van der Waals surface area contributed by atoms with E-state index in [4.69, 9.17) is 5.84 Å². The number of nitrogens with two attached hydrogens (primary N) is 1. The van der Waals surface area contributed by atoms with Crippen molar-refractivity contribution < 1.29 is 8.78 Å². The number of hydrogen-bond donors (Lipinski definition) is 2. The van der Waals surface area contributed by atoms with Crippen molar-refractivity contribution in [2.24, 2.45) is 17.7 Å². The van der Waals surface area contributed by atoms with Gasteiger partial charge in [0, 0.05) is 11.6 Å². The zero-order valence-electron chi connectivity index (χ0n) is 9.80. The molecule has 0 heterocycles. The Morgan fingerprint density at radius 3 is 2.25 bits per heavy atom. The smallest absolute Gasteiger partial charge is 0.130 e. The molecule has 0 aliphatic heterocycles. The third-order valence-electron chi connectivity index (χ3n) is 3.05. The summed E-state index contributed by atoms with van der Waals surface area (Å²) in [7, 11) is 0. The highest BCUT2D eigenvalue weighted by Gasteiger charge is 2.23. The molecule has 90 valence electrons. The molecule has 0 bridgehead atoms. The first-order valence-electron chi connectivity index (χ1n) is 5.38. The van der Waals surface area contributed by atoms with Gasteiger partial charge in [-0.05, 0) is 17.9 Å². The summed E-state index contributed by atoms with van der Waals surface area (Å²) in [5.74, 6) is 4.82. The molecule has 16 heavy (non-hydrogen) atoms. The lowest BCUT2D eigenvalue weighted by molar-refractivity contribution is 0.299. The Bertz CT molecular complexity index is 353. The van der Waals surface area contributed by atoms with Gasteiger partial charge in [-0.3, -0.25) is 11.3 Å². The maximum absolute atomic E-state index is 13.6. The first-order valence-corrected chi connectivity index (χ1v) is 5.38. The molecule has 1 aromatic rings. The van der Waals surface area contributed by atoms with E-state index in [9.17, 15) is 8.78 Å². The van der Waals surface area contributed by atoms with Crippen molar-refractivity contribution in [3.8, 4) is 0 Å². The number of benzene rings is 1. The molecular formula is C12H18F2N2. The molecule has 0 aliphatic rings. The van der Waals surface area contributed by atoms with Gasteiger partial charge in [-0.25, -0.2) is 8.78 Å². The lowest BCUT2D eigenvalue weighted by atomic mass is 9.86. The Kier molecular flexibility index (Phi) is 4.38. The highest BCUT2D eigenvalue weighted by molar-refractivity contribution is 5.22. The van der Waals surface area contributed by atoms with Crippen molar-refractivity contribution in [2.45, 2.75) is 26.8 Å². The van der Waals surface area contributed by atoms with Crippen LogP contribution in [-0.4, -0.2) is 0 Å². The van der Waals surface area contributed by atoms with Gasteiger partial charge in [-0.1, -0.05) is 26.8 Å². The molecule has 0 radical (unpaired) electrons. The van der Waals surface area contributed by atoms with Crippen molar-refractivity contribution in [3.05, 3.63) is 35.4 Å². The van der Waals surface area contributed by atoms with Crippen LogP contribution in [0, 0.1) is 23.5 Å². The van der Waals surface area contributed by atoms with Crippen LogP contribution in [-0.2, 0) is 0 Å². The third kappa shape index (κ3) is 2.77. The largest absolute Gasteiger partial charge is 0.271 e. The van der Waals surface area contributed by atoms with Crippen molar-refractivity contribution in [1.82, 2.24) is 5.43 Å². The van der Waals surface area contributed by atoms with E-state index in [2.05, 4.69) is 5.43 Å². The van der Waals surface area contributed by atoms with Crippen LogP contribution in [0.4, 0.5) is 8.78 Å². The minimum atomic E-state index is -0.575. The maximum Gasteiger partial charge on any atom is 0.130 e. The summed E-state index contributed by atoms with van der Waals surface area (Å²) in [6.45, 7) is 6.06. The van der Waals surface area contributed by atoms with Crippen LogP contribution >= 0.6 is 0 Å². The molecule has 4 heteroatoms. The SMILES string of the molecule is CC(C)C(C)C(NN)c1ccc(F)cc1F. The van der Waals surface area contributed by atoms with E-state index in [1.165, 1.54) is 12.1 Å². The lowest BCUT2D eigenvalue weighted by Crippen LogP contribution is -2.35. The molecule has 0 amide bonds. The zero-order valence-corrected chi connectivity index (χ0v) is 9.80. The lowest BCUT2D eigenvalue weighted by Gasteiger charge is -2.27. The average Bonchev–Trinajstić information content (AvgIpc) is 2.21. The monoisotopic (exact) mass is 228 g/mol. The van der Waals surface area contributed by atoms with Gasteiger partial charge >= 0.3 is 0 Å². The Balaban J connectivity index is 3.04. The Labute approximate surface area is 94.8 Å². The fourth-order valence-corrected chi connectivity index (χ4v) is 1.66. The number of hydrazine groups is 1. The minimum absolute atomic E-state index is 0.157. The van der Waals surface area contributed by atoms with Gasteiger partial charge in [-0.15, -0.1) is 0 Å². The van der Waals surface area contributed by atoms with Gasteiger partial charge in [0.05, 0.1) is 6.04 Å². The van der Waals surface area contributed by atoms with E-state index in [0.717, 1.165) is 6.07 Å². The van der Waals surface area contributed by atoms with E-state index in [1.807, 2.05) is 20.8 Å². The summed E-state index contributed by atoms with van der Waals surface area (Å²) in [4.78, 5) is 0. The highest BCUT2D eigenvalue weighted by Crippen LogP contribution is 2.28. The van der Waals surface area contributed by atoms with E-state index in [-0.39, 0.29) is 12.0 Å². The molecular weight excluding hydrogens is 210 g/mol. The Hall–Kier alpha value is -1.00. The Morgan fingerprint density at radius 1 is 1.19 bits per heavy atom. The number of halogens is 2. The summed E-state index contributed by atoms with van der Waals surface area (Å²) in [6.07, 6.45) is 0. The minimum Gasteiger partial charge on any atom is -0.271 e. The first kappa shape index (κ1) is 13.1. The van der Waals surface area contributed by atoms with Gasteiger partial charge in [-0.2, -0.15) is 0 Å². The summed E-state index contributed by atoms with van der Waals surface area (Å²) in [5, 5.41) is 0. The molecule has 1 aromatic carbocycles.